The van der Waals surface area contributed by atoms with Gasteiger partial charge in [0.1, 0.15) is 0 Å². The highest BCUT2D eigenvalue weighted by molar-refractivity contribution is 7.80. The van der Waals surface area contributed by atoms with Crippen molar-refractivity contribution in [1.82, 2.24) is 10.2 Å². The number of amides is 1. The Kier molecular flexibility index (Phi) is 8.22. The van der Waals surface area contributed by atoms with Gasteiger partial charge in [0, 0.05) is 24.4 Å². The molecule has 0 saturated carbocycles. The van der Waals surface area contributed by atoms with E-state index >= 15 is 0 Å². The molecule has 2 N–H and O–H groups in total. The standard InChI is InChI=1S/C26H31N3O3S/c1-5-29-18(4)23(25(31)32-17(2)3)24(28-26(29)33)20-12-14-21(15-13-20)27-22(30)16-11-19-9-7-6-8-10-19/h6-10,12-15,17,24H,5,11,16H2,1-4H3,(H,27,30)(H,28,33)/t24-/m0/s1. The molecule has 3 rings (SSSR count). The van der Waals surface area contributed by atoms with Gasteiger partial charge in [-0.2, -0.15) is 0 Å². The average molecular weight is 466 g/mol. The van der Waals surface area contributed by atoms with Gasteiger partial charge < -0.3 is 20.3 Å². The summed E-state index contributed by atoms with van der Waals surface area (Å²) in [5.74, 6) is -0.404. The van der Waals surface area contributed by atoms with Crippen molar-refractivity contribution in [1.29, 1.82) is 0 Å². The van der Waals surface area contributed by atoms with Gasteiger partial charge in [0.25, 0.3) is 0 Å². The lowest BCUT2D eigenvalue weighted by Crippen LogP contribution is -2.47. The Bertz CT molecular complexity index is 1030. The van der Waals surface area contributed by atoms with E-state index in [1.165, 1.54) is 0 Å². The van der Waals surface area contributed by atoms with Crippen LogP contribution < -0.4 is 10.6 Å². The number of rotatable bonds is 8. The Morgan fingerprint density at radius 2 is 1.79 bits per heavy atom. The summed E-state index contributed by atoms with van der Waals surface area (Å²) in [7, 11) is 0. The number of nitrogens with zero attached hydrogens (tertiary/aromatic N) is 1. The van der Waals surface area contributed by atoms with Crippen molar-refractivity contribution in [3.8, 4) is 0 Å². The summed E-state index contributed by atoms with van der Waals surface area (Å²) in [6.45, 7) is 8.18. The van der Waals surface area contributed by atoms with Gasteiger partial charge in [-0.15, -0.1) is 0 Å². The predicted molar refractivity (Wildman–Crippen MR) is 135 cm³/mol. The van der Waals surface area contributed by atoms with Crippen LogP contribution in [0, 0.1) is 0 Å². The fourth-order valence-electron chi connectivity index (χ4n) is 3.84. The maximum atomic E-state index is 12.9. The van der Waals surface area contributed by atoms with Crippen molar-refractivity contribution in [2.45, 2.75) is 52.7 Å². The summed E-state index contributed by atoms with van der Waals surface area (Å²) in [4.78, 5) is 27.2. The molecular weight excluding hydrogens is 434 g/mol. The number of hydrogen-bond donors (Lipinski definition) is 2. The summed E-state index contributed by atoms with van der Waals surface area (Å²) < 4.78 is 5.52. The van der Waals surface area contributed by atoms with E-state index in [0.717, 1.165) is 16.8 Å². The fourth-order valence-corrected chi connectivity index (χ4v) is 4.22. The van der Waals surface area contributed by atoms with E-state index in [0.29, 0.717) is 35.8 Å². The molecule has 7 heteroatoms. The number of allylic oxidation sites excluding steroid dienone is 1. The van der Waals surface area contributed by atoms with Gasteiger partial charge in [0.05, 0.1) is 17.7 Å². The molecule has 0 bridgehead atoms. The first-order valence-corrected chi connectivity index (χ1v) is 11.6. The molecule has 0 saturated heterocycles. The zero-order chi connectivity index (χ0) is 24.0. The molecule has 0 aliphatic carbocycles. The smallest absolute Gasteiger partial charge is 0.338 e. The molecule has 174 valence electrons. The predicted octanol–water partition coefficient (Wildman–Crippen LogP) is 4.73. The second kappa shape index (κ2) is 11.1. The molecule has 0 radical (unpaired) electrons. The van der Waals surface area contributed by atoms with Crippen LogP contribution in [0.2, 0.25) is 0 Å². The topological polar surface area (TPSA) is 70.7 Å². The number of thiocarbonyl (C=S) groups is 1. The number of carbonyl (C=O) groups excluding carboxylic acids is 2. The molecule has 1 amide bonds. The number of anilines is 1. The zero-order valence-electron chi connectivity index (χ0n) is 19.6. The zero-order valence-corrected chi connectivity index (χ0v) is 20.4. The Hall–Kier alpha value is -3.19. The van der Waals surface area contributed by atoms with E-state index in [1.54, 1.807) is 0 Å². The van der Waals surface area contributed by atoms with Crippen LogP contribution in [0.4, 0.5) is 5.69 Å². The highest BCUT2D eigenvalue weighted by Gasteiger charge is 2.34. The quantitative estimate of drug-likeness (QED) is 0.434. The molecule has 1 atom stereocenters. The van der Waals surface area contributed by atoms with E-state index in [9.17, 15) is 9.59 Å². The van der Waals surface area contributed by atoms with Gasteiger partial charge in [-0.25, -0.2) is 4.79 Å². The molecule has 0 aromatic heterocycles. The Morgan fingerprint density at radius 1 is 1.12 bits per heavy atom. The molecule has 0 unspecified atom stereocenters. The Balaban J connectivity index is 1.74. The third-order valence-electron chi connectivity index (χ3n) is 5.49. The van der Waals surface area contributed by atoms with Crippen molar-refractivity contribution in [3.63, 3.8) is 0 Å². The van der Waals surface area contributed by atoms with Gasteiger partial charge in [-0.05, 0) is 69.6 Å². The van der Waals surface area contributed by atoms with Gasteiger partial charge in [0.15, 0.2) is 5.11 Å². The van der Waals surface area contributed by atoms with Crippen LogP contribution in [0.25, 0.3) is 0 Å². The summed E-state index contributed by atoms with van der Waals surface area (Å²) in [6.07, 6.45) is 0.869. The number of esters is 1. The lowest BCUT2D eigenvalue weighted by molar-refractivity contribution is -0.143. The van der Waals surface area contributed by atoms with Crippen LogP contribution in [-0.4, -0.2) is 34.5 Å². The number of hydrogen-bond acceptors (Lipinski definition) is 4. The molecule has 0 fully saturated rings. The van der Waals surface area contributed by atoms with E-state index in [4.69, 9.17) is 17.0 Å². The molecule has 6 nitrogen and oxygen atoms in total. The van der Waals surface area contributed by atoms with Crippen LogP contribution in [0.15, 0.2) is 65.9 Å². The number of ether oxygens (including phenoxy) is 1. The molecule has 2 aromatic rings. The summed E-state index contributed by atoms with van der Waals surface area (Å²) in [5.41, 5.74) is 4.03. The van der Waals surface area contributed by atoms with E-state index in [2.05, 4.69) is 10.6 Å². The Labute approximate surface area is 201 Å². The first-order valence-electron chi connectivity index (χ1n) is 11.2. The minimum atomic E-state index is -0.422. The third kappa shape index (κ3) is 6.20. The molecule has 1 aliphatic heterocycles. The number of aryl methyl sites for hydroxylation is 1. The van der Waals surface area contributed by atoms with Crippen LogP contribution in [0.1, 0.15) is 51.3 Å². The SMILES string of the molecule is CCN1C(=S)N[C@@H](c2ccc(NC(=O)CCc3ccccc3)cc2)C(C(=O)OC(C)C)=C1C. The van der Waals surface area contributed by atoms with Crippen LogP contribution in [0.3, 0.4) is 0 Å². The van der Waals surface area contributed by atoms with Gasteiger partial charge in [0.2, 0.25) is 5.91 Å². The number of benzene rings is 2. The normalized spacial score (nSPS) is 16.0. The Morgan fingerprint density at radius 3 is 2.39 bits per heavy atom. The second-order valence-corrected chi connectivity index (χ2v) is 8.62. The van der Waals surface area contributed by atoms with Crippen LogP contribution in [-0.2, 0) is 20.7 Å². The van der Waals surface area contributed by atoms with Crippen LogP contribution >= 0.6 is 12.2 Å². The average Bonchev–Trinajstić information content (AvgIpc) is 2.78. The molecule has 0 spiro atoms. The monoisotopic (exact) mass is 465 g/mol. The van der Waals surface area contributed by atoms with Crippen molar-refractivity contribution >= 4 is 34.9 Å². The molecule has 1 aliphatic rings. The molecule has 2 aromatic carbocycles. The highest BCUT2D eigenvalue weighted by atomic mass is 32.1. The number of nitrogens with one attached hydrogen (secondary N) is 2. The van der Waals surface area contributed by atoms with E-state index in [1.807, 2.05) is 87.2 Å². The van der Waals surface area contributed by atoms with Gasteiger partial charge in [-0.3, -0.25) is 4.79 Å². The first kappa shape index (κ1) is 24.5. The molecule has 1 heterocycles. The van der Waals surface area contributed by atoms with Crippen molar-refractivity contribution in [2.75, 3.05) is 11.9 Å². The summed E-state index contributed by atoms with van der Waals surface area (Å²) in [6, 6.07) is 17.0. The van der Waals surface area contributed by atoms with Crippen molar-refractivity contribution < 1.29 is 14.3 Å². The minimum Gasteiger partial charge on any atom is -0.459 e. The summed E-state index contributed by atoms with van der Waals surface area (Å²) >= 11 is 5.53. The minimum absolute atomic E-state index is 0.0425. The summed E-state index contributed by atoms with van der Waals surface area (Å²) in [5, 5.41) is 6.79. The second-order valence-electron chi connectivity index (χ2n) is 8.24. The lowest BCUT2D eigenvalue weighted by atomic mass is 9.94. The van der Waals surface area contributed by atoms with E-state index in [-0.39, 0.29) is 18.0 Å². The lowest BCUT2D eigenvalue weighted by Gasteiger charge is -2.37. The first-order chi connectivity index (χ1) is 15.8. The third-order valence-corrected chi connectivity index (χ3v) is 5.82. The maximum absolute atomic E-state index is 12.9. The van der Waals surface area contributed by atoms with Crippen molar-refractivity contribution in [3.05, 3.63) is 77.0 Å². The van der Waals surface area contributed by atoms with Crippen molar-refractivity contribution in [2.24, 2.45) is 0 Å². The largest absolute Gasteiger partial charge is 0.459 e. The van der Waals surface area contributed by atoms with Gasteiger partial charge >= 0.3 is 5.97 Å². The van der Waals surface area contributed by atoms with E-state index < -0.39 is 6.04 Å². The molecular formula is C26H31N3O3S. The highest BCUT2D eigenvalue weighted by Crippen LogP contribution is 2.32. The maximum Gasteiger partial charge on any atom is 0.338 e. The van der Waals surface area contributed by atoms with Crippen LogP contribution in [0.5, 0.6) is 0 Å². The van der Waals surface area contributed by atoms with Gasteiger partial charge in [-0.1, -0.05) is 42.5 Å². The fraction of sp³-hybridized carbons (Fsp3) is 0.346. The number of carbonyl (C=O) groups is 2. The molecule has 33 heavy (non-hydrogen) atoms.